The SMILES string of the molecule is CCC(=O)N1CCc2nc(OC3CCN(C4CCC4)CC3)sc2C1.O=C(O)C(O)C(O)C(=O)O. The summed E-state index contributed by atoms with van der Waals surface area (Å²) < 4.78 is 6.19. The van der Waals surface area contributed by atoms with Gasteiger partial charge in [0.1, 0.15) is 6.10 Å². The fourth-order valence-electron chi connectivity index (χ4n) is 4.18. The van der Waals surface area contributed by atoms with Crippen molar-refractivity contribution in [3.63, 3.8) is 0 Å². The first-order valence-corrected chi connectivity index (χ1v) is 12.5. The summed E-state index contributed by atoms with van der Waals surface area (Å²) >= 11 is 1.64. The van der Waals surface area contributed by atoms with E-state index < -0.39 is 24.1 Å². The zero-order valence-electron chi connectivity index (χ0n) is 19.3. The Morgan fingerprint density at radius 2 is 1.68 bits per heavy atom. The number of rotatable bonds is 7. The third-order valence-corrected chi connectivity index (χ3v) is 7.48. The standard InChI is InChI=1S/C18H27N3O2S.C4H6O6/c1-2-17(22)21-11-8-15-16(12-21)24-18(19-15)23-14-6-9-20(10-7-14)13-4-3-5-13;5-1(3(7)8)2(6)4(9)10/h13-14H,2-12H2,1H3;1-2,5-6H,(H,7,8)(H,9,10). The zero-order valence-corrected chi connectivity index (χ0v) is 20.1. The van der Waals surface area contributed by atoms with E-state index in [1.54, 1.807) is 11.3 Å². The van der Waals surface area contributed by atoms with Gasteiger partial charge in [-0.05, 0) is 25.7 Å². The molecule has 1 aliphatic carbocycles. The normalized spacial score (nSPS) is 20.9. The van der Waals surface area contributed by atoms with Crippen LogP contribution in [0.15, 0.2) is 0 Å². The van der Waals surface area contributed by atoms with Gasteiger partial charge < -0.3 is 35.0 Å². The molecule has 0 aromatic carbocycles. The van der Waals surface area contributed by atoms with Crippen LogP contribution in [0.5, 0.6) is 5.19 Å². The van der Waals surface area contributed by atoms with Crippen molar-refractivity contribution in [2.75, 3.05) is 19.6 Å². The van der Waals surface area contributed by atoms with Gasteiger partial charge >= 0.3 is 11.9 Å². The molecule has 0 bridgehead atoms. The lowest BCUT2D eigenvalue weighted by atomic mass is 9.90. The molecule has 2 fully saturated rings. The van der Waals surface area contributed by atoms with Gasteiger partial charge in [-0.1, -0.05) is 24.7 Å². The minimum atomic E-state index is -2.27. The molecule has 0 radical (unpaired) electrons. The lowest BCUT2D eigenvalue weighted by molar-refractivity contribution is -0.165. The first-order valence-electron chi connectivity index (χ1n) is 11.7. The number of carboxylic acids is 2. The number of carbonyl (C=O) groups is 3. The highest BCUT2D eigenvalue weighted by atomic mass is 32.1. The lowest BCUT2D eigenvalue weighted by Gasteiger charge is -2.41. The molecule has 4 rings (SSSR count). The average molecular weight is 500 g/mol. The Bertz CT molecular complexity index is 848. The number of piperidine rings is 1. The van der Waals surface area contributed by atoms with E-state index in [0.717, 1.165) is 42.7 Å². The van der Waals surface area contributed by atoms with Crippen LogP contribution in [0.4, 0.5) is 0 Å². The van der Waals surface area contributed by atoms with Crippen molar-refractivity contribution in [2.24, 2.45) is 0 Å². The summed E-state index contributed by atoms with van der Waals surface area (Å²) in [6, 6.07) is 0.847. The number of aliphatic hydroxyl groups excluding tert-OH is 2. The molecule has 1 aromatic rings. The van der Waals surface area contributed by atoms with Gasteiger partial charge in [-0.25, -0.2) is 14.6 Å². The van der Waals surface area contributed by atoms with E-state index in [9.17, 15) is 14.4 Å². The van der Waals surface area contributed by atoms with Gasteiger partial charge in [0.15, 0.2) is 12.2 Å². The number of ether oxygens (including phenoxy) is 1. The van der Waals surface area contributed by atoms with Crippen LogP contribution in [0.25, 0.3) is 0 Å². The molecule has 2 aliphatic heterocycles. The Hall–Kier alpha value is -2.28. The van der Waals surface area contributed by atoms with Crippen LogP contribution in [0.2, 0.25) is 0 Å². The molecular weight excluding hydrogens is 466 g/mol. The maximum atomic E-state index is 11.9. The van der Waals surface area contributed by atoms with Crippen LogP contribution < -0.4 is 4.74 Å². The summed E-state index contributed by atoms with van der Waals surface area (Å²) in [5, 5.41) is 33.3. The van der Waals surface area contributed by atoms with Crippen LogP contribution in [0, 0.1) is 0 Å². The van der Waals surface area contributed by atoms with E-state index in [-0.39, 0.29) is 5.91 Å². The van der Waals surface area contributed by atoms with Crippen LogP contribution in [-0.2, 0) is 27.3 Å². The van der Waals surface area contributed by atoms with E-state index in [0.29, 0.717) is 19.1 Å². The number of aliphatic hydroxyl groups is 2. The van der Waals surface area contributed by atoms with Crippen molar-refractivity contribution in [2.45, 2.75) is 82.8 Å². The van der Waals surface area contributed by atoms with Crippen molar-refractivity contribution < 1.29 is 39.5 Å². The maximum absolute atomic E-state index is 11.9. The van der Waals surface area contributed by atoms with E-state index in [4.69, 9.17) is 30.1 Å². The smallest absolute Gasteiger partial charge is 0.335 e. The summed E-state index contributed by atoms with van der Waals surface area (Å²) in [4.78, 5) is 41.9. The molecule has 12 heteroatoms. The van der Waals surface area contributed by atoms with E-state index in [1.165, 1.54) is 37.2 Å². The second kappa shape index (κ2) is 11.9. The van der Waals surface area contributed by atoms with Crippen molar-refractivity contribution in [3.8, 4) is 5.19 Å². The molecule has 1 amide bonds. The highest BCUT2D eigenvalue weighted by molar-refractivity contribution is 7.13. The van der Waals surface area contributed by atoms with Crippen molar-refractivity contribution in [1.29, 1.82) is 0 Å². The largest absolute Gasteiger partial charge is 0.479 e. The fourth-order valence-corrected chi connectivity index (χ4v) is 5.22. The molecule has 11 nitrogen and oxygen atoms in total. The van der Waals surface area contributed by atoms with Gasteiger partial charge in [0.05, 0.1) is 17.1 Å². The van der Waals surface area contributed by atoms with Crippen molar-refractivity contribution >= 4 is 29.2 Å². The first-order chi connectivity index (χ1) is 16.2. The minimum Gasteiger partial charge on any atom is -0.479 e. The topological polar surface area (TPSA) is 161 Å². The molecular formula is C22H33N3O8S. The second-order valence-corrected chi connectivity index (χ2v) is 9.82. The zero-order chi connectivity index (χ0) is 24.8. The Labute approximate surface area is 202 Å². The number of hydrogen-bond acceptors (Lipinski definition) is 9. The quantitative estimate of drug-likeness (QED) is 0.420. The van der Waals surface area contributed by atoms with E-state index in [2.05, 4.69) is 4.90 Å². The molecule has 1 saturated heterocycles. The number of thiazole rings is 1. The fraction of sp³-hybridized carbons (Fsp3) is 0.727. The Morgan fingerprint density at radius 1 is 1.06 bits per heavy atom. The highest BCUT2D eigenvalue weighted by Crippen LogP contribution is 2.33. The van der Waals surface area contributed by atoms with Crippen LogP contribution in [0.3, 0.4) is 0 Å². The van der Waals surface area contributed by atoms with Crippen molar-refractivity contribution in [1.82, 2.24) is 14.8 Å². The van der Waals surface area contributed by atoms with Gasteiger partial charge in [-0.15, -0.1) is 0 Å². The summed E-state index contributed by atoms with van der Waals surface area (Å²) in [5.74, 6) is -3.30. The lowest BCUT2D eigenvalue weighted by Crippen LogP contribution is -2.46. The highest BCUT2D eigenvalue weighted by Gasteiger charge is 2.31. The minimum absolute atomic E-state index is 0.236. The van der Waals surface area contributed by atoms with Gasteiger partial charge in [-0.2, -0.15) is 0 Å². The third kappa shape index (κ3) is 6.65. The third-order valence-electron chi connectivity index (χ3n) is 6.51. The number of carboxylic acid groups (broad SMARTS) is 2. The maximum Gasteiger partial charge on any atom is 0.335 e. The van der Waals surface area contributed by atoms with Crippen LogP contribution in [0.1, 0.15) is 56.0 Å². The molecule has 3 heterocycles. The molecule has 1 saturated carbocycles. The van der Waals surface area contributed by atoms with E-state index >= 15 is 0 Å². The summed E-state index contributed by atoms with van der Waals surface area (Å²) in [7, 11) is 0. The van der Waals surface area contributed by atoms with Crippen molar-refractivity contribution in [3.05, 3.63) is 10.6 Å². The monoisotopic (exact) mass is 499 g/mol. The predicted octanol–water partition coefficient (Wildman–Crippen LogP) is 0.711. The molecule has 34 heavy (non-hydrogen) atoms. The van der Waals surface area contributed by atoms with Gasteiger partial charge in [0, 0.05) is 38.5 Å². The molecule has 3 aliphatic rings. The Balaban J connectivity index is 0.000000277. The number of carbonyl (C=O) groups excluding carboxylic acids is 1. The number of nitrogens with zero attached hydrogens (tertiary/aromatic N) is 3. The number of amides is 1. The van der Waals surface area contributed by atoms with Crippen LogP contribution in [-0.4, -0.2) is 97.0 Å². The first kappa shape index (κ1) is 26.3. The number of aromatic nitrogens is 1. The average Bonchev–Trinajstić information content (AvgIpc) is 3.19. The number of fused-ring (bicyclic) bond motifs is 1. The van der Waals surface area contributed by atoms with Gasteiger partial charge in [0.2, 0.25) is 5.91 Å². The van der Waals surface area contributed by atoms with Gasteiger partial charge in [0.25, 0.3) is 5.19 Å². The van der Waals surface area contributed by atoms with Gasteiger partial charge in [-0.3, -0.25) is 4.79 Å². The Morgan fingerprint density at radius 3 is 2.18 bits per heavy atom. The van der Waals surface area contributed by atoms with E-state index in [1.807, 2.05) is 11.8 Å². The molecule has 2 atom stereocenters. The number of likely N-dealkylation sites (tertiary alicyclic amines) is 1. The molecule has 0 spiro atoms. The second-order valence-electron chi connectivity index (χ2n) is 8.77. The molecule has 4 N–H and O–H groups in total. The van der Waals surface area contributed by atoms with Crippen LogP contribution >= 0.6 is 11.3 Å². The summed E-state index contributed by atoms with van der Waals surface area (Å²) in [6.45, 7) is 5.76. The number of hydrogen-bond donors (Lipinski definition) is 4. The Kier molecular flexibility index (Phi) is 9.23. The summed E-state index contributed by atoms with van der Waals surface area (Å²) in [5.41, 5.74) is 1.14. The molecule has 2 unspecified atom stereocenters. The molecule has 190 valence electrons. The molecule has 1 aromatic heterocycles. The number of aliphatic carboxylic acids is 2. The predicted molar refractivity (Wildman–Crippen MR) is 122 cm³/mol. The summed E-state index contributed by atoms with van der Waals surface area (Å²) in [6.07, 6.45) is 3.62.